The van der Waals surface area contributed by atoms with E-state index in [1.807, 2.05) is 12.2 Å². The summed E-state index contributed by atoms with van der Waals surface area (Å²) in [7, 11) is 0. The second-order valence-corrected chi connectivity index (χ2v) is 3.33. The number of allylic oxidation sites excluding steroid dienone is 4. The number of nitriles is 2. The second kappa shape index (κ2) is 3.92. The Morgan fingerprint density at radius 2 is 2.31 bits per heavy atom. The van der Waals surface area contributed by atoms with E-state index in [4.69, 9.17) is 10.5 Å². The molecule has 0 saturated heterocycles. The van der Waals surface area contributed by atoms with Gasteiger partial charge in [-0.25, -0.2) is 0 Å². The number of hydrogen-bond donors (Lipinski definition) is 0. The summed E-state index contributed by atoms with van der Waals surface area (Å²) in [6.45, 7) is 2.07. The molecule has 0 saturated carbocycles. The van der Waals surface area contributed by atoms with E-state index in [0.717, 1.165) is 12.8 Å². The van der Waals surface area contributed by atoms with Gasteiger partial charge in [-0.2, -0.15) is 10.5 Å². The van der Waals surface area contributed by atoms with Gasteiger partial charge < -0.3 is 0 Å². The third kappa shape index (κ3) is 1.98. The summed E-state index contributed by atoms with van der Waals surface area (Å²) in [6.07, 6.45) is 8.01. The summed E-state index contributed by atoms with van der Waals surface area (Å²) >= 11 is 0. The van der Waals surface area contributed by atoms with Crippen molar-refractivity contribution >= 4 is 0 Å². The van der Waals surface area contributed by atoms with Crippen LogP contribution < -0.4 is 0 Å². The van der Waals surface area contributed by atoms with E-state index >= 15 is 0 Å². The Kier molecular flexibility index (Phi) is 2.88. The van der Waals surface area contributed by atoms with Crippen LogP contribution in [0.3, 0.4) is 0 Å². The summed E-state index contributed by atoms with van der Waals surface area (Å²) in [6, 6.07) is 4.39. The maximum absolute atomic E-state index is 9.02. The lowest BCUT2D eigenvalue weighted by Crippen LogP contribution is -2.16. The van der Waals surface area contributed by atoms with Crippen molar-refractivity contribution in [2.45, 2.75) is 26.2 Å². The fourth-order valence-electron chi connectivity index (χ4n) is 1.53. The molecule has 2 nitrogen and oxygen atoms in total. The molecule has 0 aromatic rings. The first kappa shape index (κ1) is 9.55. The molecule has 1 unspecified atom stereocenters. The first-order chi connectivity index (χ1) is 6.26. The highest BCUT2D eigenvalue weighted by molar-refractivity contribution is 5.39. The lowest BCUT2D eigenvalue weighted by molar-refractivity contribution is 0.458. The molecule has 0 aromatic carbocycles. The zero-order valence-corrected chi connectivity index (χ0v) is 7.75. The van der Waals surface area contributed by atoms with Crippen molar-refractivity contribution in [3.8, 4) is 12.1 Å². The van der Waals surface area contributed by atoms with Crippen LogP contribution in [-0.4, -0.2) is 0 Å². The molecule has 0 fully saturated rings. The molecule has 2 heteroatoms. The van der Waals surface area contributed by atoms with E-state index in [0.29, 0.717) is 12.0 Å². The van der Waals surface area contributed by atoms with Crippen molar-refractivity contribution in [3.05, 3.63) is 23.8 Å². The van der Waals surface area contributed by atoms with Crippen molar-refractivity contribution in [1.82, 2.24) is 0 Å². The molecule has 0 heterocycles. The number of hydrogen-bond acceptors (Lipinski definition) is 2. The predicted octanol–water partition coefficient (Wildman–Crippen LogP) is 2.71. The molecule has 0 N–H and O–H groups in total. The van der Waals surface area contributed by atoms with E-state index in [1.54, 1.807) is 6.08 Å². The summed E-state index contributed by atoms with van der Waals surface area (Å²) in [4.78, 5) is 0. The average molecular weight is 172 g/mol. The average Bonchev–Trinajstić information content (AvgIpc) is 2.19. The number of rotatable bonds is 2. The third-order valence-corrected chi connectivity index (χ3v) is 2.32. The lowest BCUT2D eigenvalue weighted by atomic mass is 9.78. The fraction of sp³-hybridized carbons (Fsp3) is 0.455. The van der Waals surface area contributed by atoms with Gasteiger partial charge in [0.15, 0.2) is 0 Å². The molecule has 0 aliphatic heterocycles. The normalized spacial score (nSPS) is 25.9. The highest BCUT2D eigenvalue weighted by Gasteiger charge is 2.26. The van der Waals surface area contributed by atoms with Crippen LogP contribution >= 0.6 is 0 Å². The Morgan fingerprint density at radius 3 is 2.69 bits per heavy atom. The van der Waals surface area contributed by atoms with E-state index < -0.39 is 0 Å². The molecule has 13 heavy (non-hydrogen) atoms. The zero-order valence-electron chi connectivity index (χ0n) is 7.75. The van der Waals surface area contributed by atoms with Gasteiger partial charge in [-0.3, -0.25) is 0 Å². The number of nitrogens with zero attached hydrogens (tertiary/aromatic N) is 2. The minimum absolute atomic E-state index is 0.352. The van der Waals surface area contributed by atoms with Gasteiger partial charge in [0.2, 0.25) is 0 Å². The molecule has 1 aliphatic carbocycles. The van der Waals surface area contributed by atoms with Crippen LogP contribution in [0.25, 0.3) is 0 Å². The summed E-state index contributed by atoms with van der Waals surface area (Å²) < 4.78 is 0. The van der Waals surface area contributed by atoms with Crippen LogP contribution in [-0.2, 0) is 0 Å². The van der Waals surface area contributed by atoms with Gasteiger partial charge in [0.25, 0.3) is 0 Å². The Balaban J connectivity index is 2.79. The molecule has 0 spiro atoms. The predicted molar refractivity (Wildman–Crippen MR) is 50.4 cm³/mol. The Hall–Kier alpha value is -1.54. The van der Waals surface area contributed by atoms with Gasteiger partial charge in [0, 0.05) is 5.57 Å². The molecule has 0 bridgehead atoms. The van der Waals surface area contributed by atoms with E-state index in [9.17, 15) is 0 Å². The van der Waals surface area contributed by atoms with Crippen LogP contribution in [0.4, 0.5) is 0 Å². The summed E-state index contributed by atoms with van der Waals surface area (Å²) in [5.41, 5.74) is 0.316. The smallest absolute Gasteiger partial charge is 0.0988 e. The Bertz CT molecular complexity index is 325. The Labute approximate surface area is 78.8 Å². The van der Waals surface area contributed by atoms with Gasteiger partial charge in [0.05, 0.1) is 17.6 Å². The van der Waals surface area contributed by atoms with Gasteiger partial charge in [0.1, 0.15) is 0 Å². The first-order valence-electron chi connectivity index (χ1n) is 4.47. The summed E-state index contributed by atoms with van der Waals surface area (Å²) in [5.74, 6) is 0. The lowest BCUT2D eigenvalue weighted by Gasteiger charge is -2.22. The molecule has 1 aliphatic rings. The minimum atomic E-state index is -0.352. The minimum Gasteiger partial charge on any atom is -0.197 e. The maximum Gasteiger partial charge on any atom is 0.0988 e. The zero-order chi connectivity index (χ0) is 9.73. The SMILES string of the molecule is CCCC1(C#N)C=CC(C#N)=CC1. The molecule has 1 atom stereocenters. The highest BCUT2D eigenvalue weighted by Crippen LogP contribution is 2.33. The van der Waals surface area contributed by atoms with Crippen molar-refractivity contribution < 1.29 is 0 Å². The highest BCUT2D eigenvalue weighted by atomic mass is 14.4. The monoisotopic (exact) mass is 172 g/mol. The Morgan fingerprint density at radius 1 is 1.54 bits per heavy atom. The van der Waals surface area contributed by atoms with Crippen molar-refractivity contribution in [2.75, 3.05) is 0 Å². The van der Waals surface area contributed by atoms with E-state index in [2.05, 4.69) is 19.1 Å². The van der Waals surface area contributed by atoms with Crippen LogP contribution in [0.2, 0.25) is 0 Å². The van der Waals surface area contributed by atoms with Crippen LogP contribution in [0.15, 0.2) is 23.8 Å². The largest absolute Gasteiger partial charge is 0.197 e. The van der Waals surface area contributed by atoms with Gasteiger partial charge >= 0.3 is 0 Å². The van der Waals surface area contributed by atoms with Gasteiger partial charge in [-0.15, -0.1) is 0 Å². The van der Waals surface area contributed by atoms with Crippen LogP contribution in [0.5, 0.6) is 0 Å². The molecule has 0 amide bonds. The fourth-order valence-corrected chi connectivity index (χ4v) is 1.53. The second-order valence-electron chi connectivity index (χ2n) is 3.33. The molecular formula is C11H12N2. The topological polar surface area (TPSA) is 47.6 Å². The summed E-state index contributed by atoms with van der Waals surface area (Å²) in [5, 5.41) is 17.6. The van der Waals surface area contributed by atoms with Crippen LogP contribution in [0, 0.1) is 28.1 Å². The van der Waals surface area contributed by atoms with Crippen molar-refractivity contribution in [2.24, 2.45) is 5.41 Å². The van der Waals surface area contributed by atoms with Gasteiger partial charge in [-0.1, -0.05) is 25.5 Å². The van der Waals surface area contributed by atoms with Crippen molar-refractivity contribution in [3.63, 3.8) is 0 Å². The molecule has 0 aromatic heterocycles. The molecular weight excluding hydrogens is 160 g/mol. The van der Waals surface area contributed by atoms with E-state index in [1.165, 1.54) is 0 Å². The van der Waals surface area contributed by atoms with Gasteiger partial charge in [-0.05, 0) is 18.9 Å². The maximum atomic E-state index is 9.02. The third-order valence-electron chi connectivity index (χ3n) is 2.32. The molecule has 0 radical (unpaired) electrons. The molecule has 66 valence electrons. The first-order valence-corrected chi connectivity index (χ1v) is 4.47. The van der Waals surface area contributed by atoms with Crippen molar-refractivity contribution in [1.29, 1.82) is 10.5 Å². The molecule has 1 rings (SSSR count). The van der Waals surface area contributed by atoms with Crippen LogP contribution in [0.1, 0.15) is 26.2 Å². The standard InChI is InChI=1S/C11H12N2/c1-2-5-11(9-13)6-3-10(8-12)4-7-11/h3-4,6H,2,5,7H2,1H3. The quantitative estimate of drug-likeness (QED) is 0.643. The van der Waals surface area contributed by atoms with E-state index in [-0.39, 0.29) is 5.41 Å².